The zero-order chi connectivity index (χ0) is 14.9. The van der Waals surface area contributed by atoms with Gasteiger partial charge in [-0.1, -0.05) is 0 Å². The summed E-state index contributed by atoms with van der Waals surface area (Å²) in [6, 6.07) is 9.91. The number of anilines is 2. The van der Waals surface area contributed by atoms with Gasteiger partial charge < -0.3 is 5.43 Å². The fourth-order valence-corrected chi connectivity index (χ4v) is 3.63. The second-order valence-electron chi connectivity index (χ2n) is 4.31. The van der Waals surface area contributed by atoms with Crippen molar-refractivity contribution in [2.24, 2.45) is 5.84 Å². The smallest absolute Gasteiger partial charge is 0.261 e. The second-order valence-corrected chi connectivity index (χ2v) is 6.78. The number of hydrogen-bond donors (Lipinski definition) is 3. The average molecular weight is 320 g/mol. The number of hydrazine groups is 1. The molecule has 0 spiro atoms. The summed E-state index contributed by atoms with van der Waals surface area (Å²) in [5, 5.41) is 4.27. The first-order valence-corrected chi connectivity index (χ1v) is 8.43. The molecule has 2 heterocycles. The van der Waals surface area contributed by atoms with Gasteiger partial charge in [0.2, 0.25) is 0 Å². The van der Waals surface area contributed by atoms with E-state index in [1.165, 1.54) is 17.4 Å². The lowest BCUT2D eigenvalue weighted by Gasteiger charge is -2.08. The van der Waals surface area contributed by atoms with Gasteiger partial charge in [-0.25, -0.2) is 19.2 Å². The summed E-state index contributed by atoms with van der Waals surface area (Å²) >= 11 is 1.43. The Morgan fingerprint density at radius 2 is 2.00 bits per heavy atom. The molecule has 21 heavy (non-hydrogen) atoms. The highest BCUT2D eigenvalue weighted by Crippen LogP contribution is 2.22. The number of hydrogen-bond acceptors (Lipinski definition) is 6. The maximum absolute atomic E-state index is 12.3. The Balaban J connectivity index is 2.00. The van der Waals surface area contributed by atoms with Crippen LogP contribution in [0, 0.1) is 0 Å². The topological polar surface area (TPSA) is 97.1 Å². The molecular formula is C13H12N4O2S2. The van der Waals surface area contributed by atoms with E-state index in [0.717, 1.165) is 5.39 Å². The minimum absolute atomic E-state index is 0.191. The number of thiophene rings is 1. The molecular weight excluding hydrogens is 308 g/mol. The number of sulfonamides is 1. The molecule has 1 aromatic carbocycles. The van der Waals surface area contributed by atoms with Crippen LogP contribution >= 0.6 is 11.3 Å². The molecule has 108 valence electrons. The third kappa shape index (κ3) is 2.82. The number of rotatable bonds is 4. The second kappa shape index (κ2) is 5.32. The van der Waals surface area contributed by atoms with E-state index in [9.17, 15) is 8.42 Å². The van der Waals surface area contributed by atoms with Crippen LogP contribution in [0.2, 0.25) is 0 Å². The van der Waals surface area contributed by atoms with E-state index in [4.69, 9.17) is 5.84 Å². The van der Waals surface area contributed by atoms with Crippen LogP contribution in [0.4, 0.5) is 11.5 Å². The Kier molecular flexibility index (Phi) is 3.50. The fourth-order valence-electron chi connectivity index (χ4n) is 1.89. The third-order valence-electron chi connectivity index (χ3n) is 2.89. The lowest BCUT2D eigenvalue weighted by atomic mass is 10.2. The maximum Gasteiger partial charge on any atom is 0.261 e. The third-order valence-corrected chi connectivity index (χ3v) is 4.95. The van der Waals surface area contributed by atoms with Crippen molar-refractivity contribution in [3.8, 4) is 0 Å². The predicted octanol–water partition coefficient (Wildman–Crippen LogP) is 2.38. The zero-order valence-corrected chi connectivity index (χ0v) is 12.4. The molecule has 0 amide bonds. The van der Waals surface area contributed by atoms with Gasteiger partial charge >= 0.3 is 0 Å². The molecule has 4 N–H and O–H groups in total. The number of aromatic nitrogens is 1. The Labute approximate surface area is 125 Å². The van der Waals surface area contributed by atoms with Gasteiger partial charge in [0.25, 0.3) is 10.0 Å². The van der Waals surface area contributed by atoms with Crippen LogP contribution in [0.5, 0.6) is 0 Å². The van der Waals surface area contributed by atoms with Crippen LogP contribution in [0.25, 0.3) is 10.9 Å². The van der Waals surface area contributed by atoms with Gasteiger partial charge in [0.05, 0.1) is 16.1 Å². The van der Waals surface area contributed by atoms with Crippen molar-refractivity contribution < 1.29 is 8.42 Å². The van der Waals surface area contributed by atoms with E-state index in [2.05, 4.69) is 15.1 Å². The number of nitrogens with one attached hydrogen (secondary N) is 2. The highest BCUT2D eigenvalue weighted by Gasteiger charge is 2.15. The molecule has 0 aliphatic rings. The first-order chi connectivity index (χ1) is 10.1. The number of benzene rings is 1. The quantitative estimate of drug-likeness (QED) is 0.506. The Hall–Kier alpha value is -2.16. The lowest BCUT2D eigenvalue weighted by Crippen LogP contribution is -2.12. The van der Waals surface area contributed by atoms with Gasteiger partial charge in [-0.05, 0) is 41.8 Å². The average Bonchev–Trinajstić information content (AvgIpc) is 2.98. The minimum Gasteiger partial charge on any atom is -0.308 e. The van der Waals surface area contributed by atoms with Crippen molar-refractivity contribution in [3.63, 3.8) is 0 Å². The minimum atomic E-state index is -3.60. The summed E-state index contributed by atoms with van der Waals surface area (Å²) in [5.74, 6) is 5.82. The van der Waals surface area contributed by atoms with Gasteiger partial charge in [-0.2, -0.15) is 11.3 Å². The Morgan fingerprint density at radius 1 is 1.14 bits per heavy atom. The predicted molar refractivity (Wildman–Crippen MR) is 84.7 cm³/mol. The number of nitrogens with two attached hydrogens (primary N) is 1. The molecule has 0 fully saturated rings. The van der Waals surface area contributed by atoms with Crippen LogP contribution in [-0.2, 0) is 10.0 Å². The summed E-state index contributed by atoms with van der Waals surface area (Å²) in [6.07, 6.45) is 0. The van der Waals surface area contributed by atoms with Gasteiger partial charge in [-0.15, -0.1) is 0 Å². The van der Waals surface area contributed by atoms with Gasteiger partial charge in [0.1, 0.15) is 5.82 Å². The first kappa shape index (κ1) is 13.8. The summed E-state index contributed by atoms with van der Waals surface area (Å²) in [6.45, 7) is 0. The molecule has 0 unspecified atom stereocenters. The van der Waals surface area contributed by atoms with Crippen molar-refractivity contribution in [1.29, 1.82) is 0 Å². The highest BCUT2D eigenvalue weighted by molar-refractivity contribution is 7.92. The van der Waals surface area contributed by atoms with Crippen molar-refractivity contribution in [3.05, 3.63) is 47.2 Å². The van der Waals surface area contributed by atoms with Gasteiger partial charge in [-0.3, -0.25) is 4.72 Å². The van der Waals surface area contributed by atoms with Gasteiger partial charge in [0.15, 0.2) is 0 Å². The molecule has 0 saturated carbocycles. The molecule has 0 atom stereocenters. The van der Waals surface area contributed by atoms with E-state index in [0.29, 0.717) is 17.0 Å². The molecule has 0 radical (unpaired) electrons. The number of fused-ring (bicyclic) bond motifs is 1. The largest absolute Gasteiger partial charge is 0.308 e. The SMILES string of the molecule is NNc1ccc2cc(S(=O)(=O)Nc3ccsc3)ccc2n1. The zero-order valence-electron chi connectivity index (χ0n) is 10.8. The van der Waals surface area contributed by atoms with E-state index < -0.39 is 10.0 Å². The number of pyridine rings is 1. The van der Waals surface area contributed by atoms with Crippen LogP contribution in [0.1, 0.15) is 0 Å². The summed E-state index contributed by atoms with van der Waals surface area (Å²) < 4.78 is 27.1. The first-order valence-electron chi connectivity index (χ1n) is 6.01. The number of nitrogen functional groups attached to an aromatic ring is 1. The fraction of sp³-hybridized carbons (Fsp3) is 0. The van der Waals surface area contributed by atoms with E-state index >= 15 is 0 Å². The molecule has 3 rings (SSSR count). The Bertz CT molecular complexity index is 876. The number of nitrogens with zero attached hydrogens (tertiary/aromatic N) is 1. The van der Waals surface area contributed by atoms with Crippen LogP contribution in [0.3, 0.4) is 0 Å². The van der Waals surface area contributed by atoms with Crippen LogP contribution in [0.15, 0.2) is 52.1 Å². The molecule has 8 heteroatoms. The van der Waals surface area contributed by atoms with E-state index in [-0.39, 0.29) is 4.90 Å². The van der Waals surface area contributed by atoms with Crippen molar-refractivity contribution in [2.75, 3.05) is 10.1 Å². The standard InChI is InChI=1S/C13H12N4O2S2/c14-16-13-4-1-9-7-11(2-3-12(9)15-13)21(18,19)17-10-5-6-20-8-10/h1-8,17H,14H2,(H,15,16). The molecule has 0 aliphatic carbocycles. The van der Waals surface area contributed by atoms with Crippen LogP contribution in [-0.4, -0.2) is 13.4 Å². The molecule has 6 nitrogen and oxygen atoms in total. The summed E-state index contributed by atoms with van der Waals surface area (Å²) in [4.78, 5) is 4.43. The van der Waals surface area contributed by atoms with Crippen LogP contribution < -0.4 is 16.0 Å². The summed E-state index contributed by atoms with van der Waals surface area (Å²) in [5.41, 5.74) is 3.68. The molecule has 0 aliphatic heterocycles. The normalized spacial score (nSPS) is 11.5. The highest BCUT2D eigenvalue weighted by atomic mass is 32.2. The van der Waals surface area contributed by atoms with Crippen molar-refractivity contribution in [1.82, 2.24) is 4.98 Å². The molecule has 2 aromatic heterocycles. The monoisotopic (exact) mass is 320 g/mol. The van der Waals surface area contributed by atoms with E-state index in [1.807, 2.05) is 5.38 Å². The van der Waals surface area contributed by atoms with Crippen molar-refractivity contribution >= 4 is 43.8 Å². The van der Waals surface area contributed by atoms with Gasteiger partial charge in [0, 0.05) is 10.8 Å². The molecule has 0 bridgehead atoms. The van der Waals surface area contributed by atoms with E-state index in [1.54, 1.807) is 35.7 Å². The lowest BCUT2D eigenvalue weighted by molar-refractivity contribution is 0.601. The Morgan fingerprint density at radius 3 is 2.71 bits per heavy atom. The summed E-state index contributed by atoms with van der Waals surface area (Å²) in [7, 11) is -3.60. The molecule has 3 aromatic rings. The molecule has 0 saturated heterocycles. The maximum atomic E-state index is 12.3. The van der Waals surface area contributed by atoms with Crippen molar-refractivity contribution in [2.45, 2.75) is 4.90 Å².